The minimum atomic E-state index is -2.07. The Morgan fingerprint density at radius 3 is 1.65 bits per heavy atom. The van der Waals surface area contributed by atoms with Crippen molar-refractivity contribution < 1.29 is 4.12 Å². The molecule has 0 aromatic carbocycles. The number of hydrogen-bond donors (Lipinski definition) is 2. The molecule has 0 aliphatic carbocycles. The molecule has 112 valence electrons. The minimum absolute atomic E-state index is 0.708. The third-order valence-electron chi connectivity index (χ3n) is 3.23. The van der Waals surface area contributed by atoms with Crippen LogP contribution in [-0.4, -0.2) is 22.6 Å². The fourth-order valence-electron chi connectivity index (χ4n) is 2.12. The molecule has 0 spiro atoms. The van der Waals surface area contributed by atoms with Crippen LogP contribution < -0.4 is 11.5 Å². The topological polar surface area (TPSA) is 61.3 Å². The Morgan fingerprint density at radius 1 is 0.900 bits per heavy atom. The second kappa shape index (κ2) is 9.04. The Hall–Kier alpha value is -0.986. The highest BCUT2D eigenvalue weighted by atomic mass is 28.4. The molecule has 0 amide bonds. The zero-order valence-corrected chi connectivity index (χ0v) is 14.5. The summed E-state index contributed by atoms with van der Waals surface area (Å²) in [6.45, 7) is 19.0. The van der Waals surface area contributed by atoms with E-state index in [9.17, 15) is 0 Å². The summed E-state index contributed by atoms with van der Waals surface area (Å²) in [5.41, 5.74) is 12.3. The molecule has 3 nitrogen and oxygen atoms in total. The van der Waals surface area contributed by atoms with Gasteiger partial charge < -0.3 is 15.6 Å². The summed E-state index contributed by atoms with van der Waals surface area (Å²) in [6, 6.07) is 3.20. The van der Waals surface area contributed by atoms with E-state index in [1.807, 2.05) is 24.3 Å². The molecular weight excluding hydrogens is 280 g/mol. The minimum Gasteiger partial charge on any atom is -0.454 e. The van der Waals surface area contributed by atoms with Gasteiger partial charge in [-0.2, -0.15) is 0 Å². The van der Waals surface area contributed by atoms with Gasteiger partial charge in [-0.25, -0.2) is 0 Å². The number of nitrogens with two attached hydrogens (primary N) is 2. The molecular formula is C15H28N2OSi2. The molecule has 0 fully saturated rings. The van der Waals surface area contributed by atoms with Gasteiger partial charge in [0.25, 0.3) is 0 Å². The van der Waals surface area contributed by atoms with Crippen LogP contribution in [0, 0.1) is 0 Å². The Labute approximate surface area is 126 Å². The standard InChI is InChI=1S/C15H28N2OSi2/c1-6-11-19(15(16,17)10-5)18-20(12-7-2,13-8-3)14-9-4/h6-10,19H,1-5,11-14,16-17H2. The summed E-state index contributed by atoms with van der Waals surface area (Å²) in [6.07, 6.45) is 9.12. The molecule has 0 rings (SSSR count). The first-order chi connectivity index (χ1) is 9.41. The molecule has 1 unspecified atom stereocenters. The van der Waals surface area contributed by atoms with Crippen molar-refractivity contribution in [1.29, 1.82) is 0 Å². The van der Waals surface area contributed by atoms with Crippen LogP contribution in [0.15, 0.2) is 63.3 Å². The van der Waals surface area contributed by atoms with E-state index >= 15 is 0 Å². The van der Waals surface area contributed by atoms with E-state index in [1.165, 1.54) is 0 Å². The molecule has 4 N–H and O–H groups in total. The number of rotatable bonds is 12. The van der Waals surface area contributed by atoms with Crippen LogP contribution >= 0.6 is 0 Å². The molecule has 0 bridgehead atoms. The normalized spacial score (nSPS) is 13.3. The molecule has 5 heteroatoms. The smallest absolute Gasteiger partial charge is 0.207 e. The first-order valence-electron chi connectivity index (χ1n) is 6.74. The van der Waals surface area contributed by atoms with Crippen LogP contribution in [0.4, 0.5) is 0 Å². The third-order valence-corrected chi connectivity index (χ3v) is 11.6. The zero-order valence-electron chi connectivity index (χ0n) is 12.4. The lowest BCUT2D eigenvalue weighted by Gasteiger charge is -2.38. The van der Waals surface area contributed by atoms with Crippen molar-refractivity contribution in [2.75, 3.05) is 0 Å². The maximum absolute atomic E-state index is 6.53. The molecule has 0 aliphatic heterocycles. The lowest BCUT2D eigenvalue weighted by Crippen LogP contribution is -2.64. The summed E-state index contributed by atoms with van der Waals surface area (Å²) in [5.74, 6) is 0. The molecule has 0 radical (unpaired) electrons. The SMILES string of the molecule is C=CC[SiH](O[Si](CC=C)(CC=C)CC=C)C(N)(N)C=C. The number of hydrogen-bond acceptors (Lipinski definition) is 3. The second-order valence-corrected chi connectivity index (χ2v) is 12.0. The quantitative estimate of drug-likeness (QED) is 0.331. The van der Waals surface area contributed by atoms with E-state index in [-0.39, 0.29) is 0 Å². The van der Waals surface area contributed by atoms with Gasteiger partial charge in [-0.15, -0.1) is 32.9 Å². The molecule has 1 atom stereocenters. The monoisotopic (exact) mass is 308 g/mol. The van der Waals surface area contributed by atoms with Gasteiger partial charge in [0.2, 0.25) is 9.04 Å². The van der Waals surface area contributed by atoms with Crippen molar-refractivity contribution in [3.8, 4) is 0 Å². The predicted molar refractivity (Wildman–Crippen MR) is 95.3 cm³/mol. The maximum Gasteiger partial charge on any atom is 0.207 e. The number of allylic oxidation sites excluding steroid dienone is 4. The summed E-state index contributed by atoms with van der Waals surface area (Å²) in [5, 5.41) is -0.948. The summed E-state index contributed by atoms with van der Waals surface area (Å²) < 4.78 is 6.53. The average molecular weight is 309 g/mol. The molecule has 20 heavy (non-hydrogen) atoms. The molecule has 0 saturated carbocycles. The average Bonchev–Trinajstić information content (AvgIpc) is 2.39. The van der Waals surface area contributed by atoms with Gasteiger partial charge in [0.1, 0.15) is 0 Å². The molecule has 0 aromatic heterocycles. The Kier molecular flexibility index (Phi) is 8.60. The fraction of sp³-hybridized carbons (Fsp3) is 0.333. The van der Waals surface area contributed by atoms with Crippen LogP contribution in [0.1, 0.15) is 0 Å². The Balaban J connectivity index is 5.37. The Morgan fingerprint density at radius 2 is 1.35 bits per heavy atom. The van der Waals surface area contributed by atoms with Crippen molar-refractivity contribution in [3.05, 3.63) is 63.3 Å². The largest absolute Gasteiger partial charge is 0.454 e. The van der Waals surface area contributed by atoms with Gasteiger partial charge in [-0.1, -0.05) is 30.4 Å². The second-order valence-electron chi connectivity index (χ2n) is 5.00. The Bertz CT molecular complexity index is 340. The predicted octanol–water partition coefficient (Wildman–Crippen LogP) is 2.76. The summed E-state index contributed by atoms with van der Waals surface area (Å²) >= 11 is 0. The summed E-state index contributed by atoms with van der Waals surface area (Å²) in [7, 11) is -3.99. The van der Waals surface area contributed by atoms with Gasteiger partial charge in [0, 0.05) is 0 Å². The van der Waals surface area contributed by atoms with Crippen LogP contribution in [0.2, 0.25) is 24.2 Å². The van der Waals surface area contributed by atoms with Gasteiger partial charge in [0.05, 0.1) is 5.29 Å². The van der Waals surface area contributed by atoms with E-state index < -0.39 is 22.6 Å². The molecule has 0 saturated heterocycles. The van der Waals surface area contributed by atoms with Gasteiger partial charge >= 0.3 is 0 Å². The van der Waals surface area contributed by atoms with Crippen molar-refractivity contribution in [2.45, 2.75) is 29.5 Å². The van der Waals surface area contributed by atoms with Crippen LogP contribution in [-0.2, 0) is 4.12 Å². The summed E-state index contributed by atoms with van der Waals surface area (Å²) in [4.78, 5) is 0. The van der Waals surface area contributed by atoms with E-state index in [1.54, 1.807) is 6.08 Å². The first kappa shape index (κ1) is 19.0. The maximum atomic E-state index is 6.53. The fourth-order valence-corrected chi connectivity index (χ4v) is 9.94. The van der Waals surface area contributed by atoms with E-state index in [0.717, 1.165) is 18.1 Å². The first-order valence-corrected chi connectivity index (χ1v) is 11.1. The lowest BCUT2D eigenvalue weighted by atomic mass is 10.5. The van der Waals surface area contributed by atoms with E-state index in [2.05, 4.69) is 32.9 Å². The zero-order chi connectivity index (χ0) is 15.6. The van der Waals surface area contributed by atoms with E-state index in [4.69, 9.17) is 15.6 Å². The molecule has 0 aliphatic rings. The van der Waals surface area contributed by atoms with Crippen molar-refractivity contribution >= 4 is 17.4 Å². The highest BCUT2D eigenvalue weighted by Crippen LogP contribution is 2.27. The third kappa shape index (κ3) is 5.56. The van der Waals surface area contributed by atoms with Crippen molar-refractivity contribution in [1.82, 2.24) is 0 Å². The van der Waals surface area contributed by atoms with Crippen molar-refractivity contribution in [2.24, 2.45) is 11.5 Å². The highest BCUT2D eigenvalue weighted by Gasteiger charge is 2.39. The van der Waals surface area contributed by atoms with Crippen LogP contribution in [0.3, 0.4) is 0 Å². The molecule has 0 heterocycles. The van der Waals surface area contributed by atoms with E-state index in [0.29, 0.717) is 6.04 Å². The van der Waals surface area contributed by atoms with Crippen LogP contribution in [0.5, 0.6) is 0 Å². The van der Waals surface area contributed by atoms with Gasteiger partial charge in [0.15, 0.2) is 8.32 Å². The van der Waals surface area contributed by atoms with Gasteiger partial charge in [-0.05, 0) is 24.2 Å². The lowest BCUT2D eigenvalue weighted by molar-refractivity contribution is 0.509. The molecule has 0 aromatic rings. The highest BCUT2D eigenvalue weighted by molar-refractivity contribution is 6.82. The van der Waals surface area contributed by atoms with Crippen molar-refractivity contribution in [3.63, 3.8) is 0 Å². The van der Waals surface area contributed by atoms with Crippen LogP contribution in [0.25, 0.3) is 0 Å². The van der Waals surface area contributed by atoms with Gasteiger partial charge in [-0.3, -0.25) is 0 Å².